The molecule has 0 fully saturated rings. The molecule has 8 heteroatoms. The zero-order valence-corrected chi connectivity index (χ0v) is 16.3. The first kappa shape index (κ1) is 21.0. The Morgan fingerprint density at radius 3 is 2.40 bits per heavy atom. The maximum absolute atomic E-state index is 13.0. The fraction of sp³-hybridized carbons (Fsp3) is 0.227. The van der Waals surface area contributed by atoms with E-state index in [2.05, 4.69) is 10.6 Å². The highest BCUT2D eigenvalue weighted by atomic mass is 19.1. The van der Waals surface area contributed by atoms with E-state index in [0.717, 1.165) is 0 Å². The van der Waals surface area contributed by atoms with Crippen molar-refractivity contribution in [3.05, 3.63) is 82.8 Å². The van der Waals surface area contributed by atoms with Crippen LogP contribution in [0.5, 0.6) is 0 Å². The number of urea groups is 1. The highest BCUT2D eigenvalue weighted by Gasteiger charge is 2.34. The van der Waals surface area contributed by atoms with Crippen molar-refractivity contribution in [3.63, 3.8) is 0 Å². The molecule has 0 aromatic heterocycles. The van der Waals surface area contributed by atoms with Crippen LogP contribution in [0.3, 0.4) is 0 Å². The van der Waals surface area contributed by atoms with Crippen molar-refractivity contribution < 1.29 is 28.2 Å². The molecule has 3 rings (SSSR count). The molecule has 1 aliphatic heterocycles. The monoisotopic (exact) mass is 412 g/mol. The highest BCUT2D eigenvalue weighted by molar-refractivity contribution is 5.95. The van der Waals surface area contributed by atoms with E-state index in [0.29, 0.717) is 11.1 Å². The molecule has 0 radical (unpaired) electrons. The first-order valence-electron chi connectivity index (χ1n) is 9.40. The Morgan fingerprint density at radius 1 is 1.03 bits per heavy atom. The van der Waals surface area contributed by atoms with Gasteiger partial charge in [0, 0.05) is 0 Å². The molecule has 1 heterocycles. The lowest BCUT2D eigenvalue weighted by atomic mass is 9.95. The zero-order chi connectivity index (χ0) is 21.5. The van der Waals surface area contributed by atoms with E-state index >= 15 is 0 Å². The summed E-state index contributed by atoms with van der Waals surface area (Å²) in [5.41, 5.74) is 1.58. The number of ether oxygens (including phenoxy) is 2. The summed E-state index contributed by atoms with van der Waals surface area (Å²) >= 11 is 0. The van der Waals surface area contributed by atoms with Crippen LogP contribution < -0.4 is 10.6 Å². The van der Waals surface area contributed by atoms with Crippen molar-refractivity contribution in [2.24, 2.45) is 0 Å². The molecule has 7 nitrogen and oxygen atoms in total. The standard InChI is InChI=1S/C22H21FN2O5/c1-2-29-21(27)19-17(13-30-18(26)12-14-8-10-16(23)11-9-14)24-22(28)25-20(19)15-6-4-3-5-7-15/h3-11,20H,2,12-13H2,1H3,(H2,24,25,28)/t20-/m0/s1. The van der Waals surface area contributed by atoms with Gasteiger partial charge in [-0.1, -0.05) is 42.5 Å². The molecule has 0 spiro atoms. The van der Waals surface area contributed by atoms with Crippen LogP contribution in [0.25, 0.3) is 0 Å². The third-order valence-corrected chi connectivity index (χ3v) is 4.42. The number of carbonyl (C=O) groups excluding carboxylic acids is 3. The summed E-state index contributed by atoms with van der Waals surface area (Å²) < 4.78 is 23.4. The second-order valence-corrected chi connectivity index (χ2v) is 6.52. The van der Waals surface area contributed by atoms with Crippen LogP contribution in [0.15, 0.2) is 65.9 Å². The number of carbonyl (C=O) groups is 3. The van der Waals surface area contributed by atoms with Crippen molar-refractivity contribution in [1.29, 1.82) is 0 Å². The molecule has 2 amide bonds. The van der Waals surface area contributed by atoms with Crippen LogP contribution in [0.2, 0.25) is 0 Å². The molecule has 2 N–H and O–H groups in total. The number of rotatable bonds is 7. The second kappa shape index (κ2) is 9.69. The Morgan fingerprint density at radius 2 is 1.73 bits per heavy atom. The maximum Gasteiger partial charge on any atom is 0.338 e. The van der Waals surface area contributed by atoms with E-state index in [1.807, 2.05) is 6.07 Å². The minimum atomic E-state index is -0.746. The second-order valence-electron chi connectivity index (χ2n) is 6.52. The number of halogens is 1. The largest absolute Gasteiger partial charge is 0.463 e. The van der Waals surface area contributed by atoms with E-state index in [1.165, 1.54) is 24.3 Å². The van der Waals surface area contributed by atoms with Gasteiger partial charge in [0.2, 0.25) is 0 Å². The summed E-state index contributed by atoms with van der Waals surface area (Å²) in [5.74, 6) is -1.61. The fourth-order valence-electron chi connectivity index (χ4n) is 3.05. The van der Waals surface area contributed by atoms with E-state index in [-0.39, 0.29) is 30.9 Å². The average molecular weight is 412 g/mol. The number of benzene rings is 2. The predicted octanol–water partition coefficient (Wildman–Crippen LogP) is 2.78. The molecule has 1 aliphatic rings. The molecule has 156 valence electrons. The average Bonchev–Trinajstić information content (AvgIpc) is 2.74. The Kier molecular flexibility index (Phi) is 6.79. The van der Waals surface area contributed by atoms with Gasteiger partial charge in [0.15, 0.2) is 0 Å². The Balaban J connectivity index is 1.81. The lowest BCUT2D eigenvalue weighted by Gasteiger charge is -2.29. The molecular weight excluding hydrogens is 391 g/mol. The normalized spacial score (nSPS) is 15.8. The van der Waals surface area contributed by atoms with Crippen LogP contribution in [-0.4, -0.2) is 31.2 Å². The molecule has 1 atom stereocenters. The topological polar surface area (TPSA) is 93.7 Å². The van der Waals surface area contributed by atoms with Crippen LogP contribution in [-0.2, 0) is 25.5 Å². The van der Waals surface area contributed by atoms with Gasteiger partial charge in [0.1, 0.15) is 12.4 Å². The van der Waals surface area contributed by atoms with Gasteiger partial charge in [-0.15, -0.1) is 0 Å². The summed E-state index contributed by atoms with van der Waals surface area (Å²) in [6.45, 7) is 1.51. The van der Waals surface area contributed by atoms with Gasteiger partial charge >= 0.3 is 18.0 Å². The van der Waals surface area contributed by atoms with Gasteiger partial charge in [-0.25, -0.2) is 14.0 Å². The molecular formula is C22H21FN2O5. The maximum atomic E-state index is 13.0. The lowest BCUT2D eigenvalue weighted by molar-refractivity contribution is -0.143. The van der Waals surface area contributed by atoms with Crippen molar-refractivity contribution >= 4 is 18.0 Å². The van der Waals surface area contributed by atoms with Crippen molar-refractivity contribution in [2.45, 2.75) is 19.4 Å². The number of amides is 2. The fourth-order valence-corrected chi connectivity index (χ4v) is 3.05. The Hall–Kier alpha value is -3.68. The molecule has 0 aliphatic carbocycles. The van der Waals surface area contributed by atoms with E-state index in [1.54, 1.807) is 31.2 Å². The molecule has 0 saturated heterocycles. The summed E-state index contributed by atoms with van der Waals surface area (Å²) in [6, 6.07) is 13.1. The van der Waals surface area contributed by atoms with Gasteiger partial charge in [-0.05, 0) is 30.2 Å². The number of nitrogens with one attached hydrogen (secondary N) is 2. The van der Waals surface area contributed by atoms with Gasteiger partial charge in [0.25, 0.3) is 0 Å². The molecule has 30 heavy (non-hydrogen) atoms. The third kappa shape index (κ3) is 5.22. The van der Waals surface area contributed by atoms with Crippen LogP contribution in [0.4, 0.5) is 9.18 Å². The molecule has 0 unspecified atom stereocenters. The summed E-state index contributed by atoms with van der Waals surface area (Å²) in [5, 5.41) is 5.23. The van der Waals surface area contributed by atoms with Crippen LogP contribution in [0.1, 0.15) is 24.1 Å². The Bertz CT molecular complexity index is 957. The lowest BCUT2D eigenvalue weighted by Crippen LogP contribution is -2.47. The van der Waals surface area contributed by atoms with Gasteiger partial charge < -0.3 is 20.1 Å². The van der Waals surface area contributed by atoms with Gasteiger partial charge in [-0.2, -0.15) is 0 Å². The van der Waals surface area contributed by atoms with Crippen LogP contribution in [0, 0.1) is 5.82 Å². The first-order chi connectivity index (χ1) is 14.5. The number of hydrogen-bond acceptors (Lipinski definition) is 5. The summed E-state index contributed by atoms with van der Waals surface area (Å²) in [4.78, 5) is 37.0. The van der Waals surface area contributed by atoms with E-state index in [9.17, 15) is 18.8 Å². The highest BCUT2D eigenvalue weighted by Crippen LogP contribution is 2.27. The van der Waals surface area contributed by atoms with Gasteiger partial charge in [-0.3, -0.25) is 4.79 Å². The van der Waals surface area contributed by atoms with Crippen molar-refractivity contribution in [3.8, 4) is 0 Å². The molecule has 2 aromatic carbocycles. The number of hydrogen-bond donors (Lipinski definition) is 2. The van der Waals surface area contributed by atoms with E-state index < -0.39 is 29.8 Å². The number of esters is 2. The first-order valence-corrected chi connectivity index (χ1v) is 9.40. The molecule has 0 bridgehead atoms. The summed E-state index contributed by atoms with van der Waals surface area (Å²) in [7, 11) is 0. The quantitative estimate of drug-likeness (QED) is 0.682. The van der Waals surface area contributed by atoms with Crippen molar-refractivity contribution in [1.82, 2.24) is 10.6 Å². The SMILES string of the molecule is CCOC(=O)C1=C(COC(=O)Cc2ccc(F)cc2)NC(=O)N[C@H]1c1ccccc1. The minimum Gasteiger partial charge on any atom is -0.463 e. The zero-order valence-electron chi connectivity index (χ0n) is 16.3. The Labute approximate surface area is 172 Å². The molecule has 0 saturated carbocycles. The smallest absolute Gasteiger partial charge is 0.338 e. The van der Waals surface area contributed by atoms with Crippen molar-refractivity contribution in [2.75, 3.05) is 13.2 Å². The van der Waals surface area contributed by atoms with E-state index in [4.69, 9.17) is 9.47 Å². The van der Waals surface area contributed by atoms with Gasteiger partial charge in [0.05, 0.1) is 30.3 Å². The van der Waals surface area contributed by atoms with Crippen LogP contribution >= 0.6 is 0 Å². The predicted molar refractivity (Wildman–Crippen MR) is 106 cm³/mol. The molecule has 2 aromatic rings. The minimum absolute atomic E-state index is 0.0728. The third-order valence-electron chi connectivity index (χ3n) is 4.42. The summed E-state index contributed by atoms with van der Waals surface area (Å²) in [6.07, 6.45) is -0.0728.